The van der Waals surface area contributed by atoms with E-state index in [1.54, 1.807) is 18.2 Å². The molecular formula is C30H26N5O12S3+5. The van der Waals surface area contributed by atoms with Crippen LogP contribution >= 0.6 is 0 Å². The van der Waals surface area contributed by atoms with E-state index in [1.807, 2.05) is 0 Å². The fourth-order valence-electron chi connectivity index (χ4n) is 5.74. The average molecular weight is 745 g/mol. The van der Waals surface area contributed by atoms with Crippen molar-refractivity contribution in [2.24, 2.45) is 0 Å². The highest BCUT2D eigenvalue weighted by molar-refractivity contribution is 7.87. The van der Waals surface area contributed by atoms with Gasteiger partial charge in [0.05, 0.1) is 10.5 Å². The maximum atomic E-state index is 14.2. The fraction of sp³-hybridized carbons (Fsp3) is 0.0333. The number of hydrogen-bond acceptors (Lipinski definition) is 12. The maximum absolute atomic E-state index is 14.2. The summed E-state index contributed by atoms with van der Waals surface area (Å²) in [6.07, 6.45) is 2.88. The summed E-state index contributed by atoms with van der Waals surface area (Å²) in [5.41, 5.74) is -0.0211. The van der Waals surface area contributed by atoms with E-state index in [2.05, 4.69) is 35.5 Å². The first kappa shape index (κ1) is 34.7. The van der Waals surface area contributed by atoms with Gasteiger partial charge in [-0.05, 0) is 29.8 Å². The van der Waals surface area contributed by atoms with Crippen LogP contribution in [0.5, 0.6) is 0 Å². The molecule has 0 radical (unpaired) electrons. The third kappa shape index (κ3) is 5.49. The molecule has 0 saturated carbocycles. The van der Waals surface area contributed by atoms with Crippen LogP contribution in [-0.4, -0.2) is 65.8 Å². The van der Waals surface area contributed by atoms with Crippen LogP contribution in [0.25, 0.3) is 5.57 Å². The summed E-state index contributed by atoms with van der Waals surface area (Å²) in [6, 6.07) is 13.9. The summed E-state index contributed by atoms with van der Waals surface area (Å²) < 4.78 is 89.4. The SMILES string of the molecule is C[N+]1=C2C=CC(=[NH+]c3ccc(S(=O)(=O)O[NH3+])cc3S(=O)(=O)O[NH3+])C3=C2C(=C(C(=O)c2cccc(S(=O)(=O)O[NH3+])c2)C1=O)c1ccccc1C3=O. The fourth-order valence-corrected chi connectivity index (χ4v) is 7.88. The lowest BCUT2D eigenvalue weighted by Crippen LogP contribution is -2.68. The quantitative estimate of drug-likeness (QED) is 0.0545. The average Bonchev–Trinajstić information content (AvgIpc) is 3.12. The molecule has 6 rings (SSSR count). The lowest BCUT2D eigenvalue weighted by molar-refractivity contribution is -0.635. The van der Waals surface area contributed by atoms with E-state index >= 15 is 0 Å². The number of carbonyl (C=O) groups excluding carboxylic acids is 3. The number of fused-ring (bicyclic) bond motifs is 2. The molecule has 0 spiro atoms. The first-order chi connectivity index (χ1) is 23.6. The molecule has 1 amide bonds. The van der Waals surface area contributed by atoms with Crippen LogP contribution in [0.15, 0.2) is 110 Å². The molecule has 1 heterocycles. The number of likely N-dealkylation sites (N-methyl/N-ethyl adjacent to an activating group) is 1. The summed E-state index contributed by atoms with van der Waals surface area (Å²) in [6.45, 7) is 0. The second-order valence-electron chi connectivity index (χ2n) is 10.7. The molecule has 0 saturated heterocycles. The lowest BCUT2D eigenvalue weighted by atomic mass is 9.72. The molecule has 256 valence electrons. The molecule has 3 aromatic rings. The Morgan fingerprint density at radius 3 is 1.96 bits per heavy atom. The Bertz CT molecular complexity index is 2600. The minimum Gasteiger partial charge on any atom is -0.288 e. The van der Waals surface area contributed by atoms with Gasteiger partial charge in [0.15, 0.2) is 4.90 Å². The summed E-state index contributed by atoms with van der Waals surface area (Å²) >= 11 is 0. The van der Waals surface area contributed by atoms with E-state index in [0.29, 0.717) is 0 Å². The van der Waals surface area contributed by atoms with Gasteiger partial charge in [-0.1, -0.05) is 49.2 Å². The van der Waals surface area contributed by atoms with Gasteiger partial charge in [0.1, 0.15) is 23.1 Å². The van der Waals surface area contributed by atoms with Crippen LogP contribution in [0.3, 0.4) is 0 Å². The molecule has 0 unspecified atom stereocenters. The van der Waals surface area contributed by atoms with Gasteiger partial charge in [-0.25, -0.2) is 9.79 Å². The van der Waals surface area contributed by atoms with Crippen molar-refractivity contribution in [2.45, 2.75) is 14.7 Å². The number of carbonyl (C=O) groups is 3. The zero-order valence-electron chi connectivity index (χ0n) is 25.7. The Kier molecular flexibility index (Phi) is 8.54. The first-order valence-electron chi connectivity index (χ1n) is 14.0. The number of ketones is 2. The highest BCUT2D eigenvalue weighted by Gasteiger charge is 2.49. The molecular weight excluding hydrogens is 719 g/mol. The largest absolute Gasteiger partial charge is 0.424 e. The molecule has 0 bridgehead atoms. The van der Waals surface area contributed by atoms with Crippen LogP contribution in [0.4, 0.5) is 5.69 Å². The van der Waals surface area contributed by atoms with Gasteiger partial charge in [-0.3, -0.25) is 9.59 Å². The maximum Gasteiger partial charge on any atom is 0.424 e. The molecule has 10 N–H and O–H groups in total. The molecule has 2 aliphatic carbocycles. The van der Waals surface area contributed by atoms with Gasteiger partial charge in [0.2, 0.25) is 28.7 Å². The zero-order valence-corrected chi connectivity index (χ0v) is 28.1. The summed E-state index contributed by atoms with van der Waals surface area (Å²) in [5, 5.41) is 0. The van der Waals surface area contributed by atoms with Crippen molar-refractivity contribution in [3.8, 4) is 0 Å². The van der Waals surface area contributed by atoms with Gasteiger partial charge >= 0.3 is 36.3 Å². The number of quaternary nitrogens is 3. The summed E-state index contributed by atoms with van der Waals surface area (Å²) in [7, 11) is -12.1. The molecule has 17 nitrogen and oxygen atoms in total. The van der Waals surface area contributed by atoms with Crippen molar-refractivity contribution in [2.75, 3.05) is 7.05 Å². The van der Waals surface area contributed by atoms with Crippen LogP contribution in [0.1, 0.15) is 26.3 Å². The van der Waals surface area contributed by atoms with Crippen molar-refractivity contribution >= 4 is 70.5 Å². The van der Waals surface area contributed by atoms with E-state index in [1.165, 1.54) is 43.5 Å². The zero-order chi connectivity index (χ0) is 36.3. The third-order valence-electron chi connectivity index (χ3n) is 8.09. The Labute approximate surface area is 283 Å². The molecule has 0 aromatic heterocycles. The van der Waals surface area contributed by atoms with E-state index in [-0.39, 0.29) is 61.0 Å². The Hall–Kier alpha value is -5.16. The van der Waals surface area contributed by atoms with E-state index in [0.717, 1.165) is 28.8 Å². The van der Waals surface area contributed by atoms with E-state index < -0.39 is 57.6 Å². The number of benzene rings is 3. The second kappa shape index (κ2) is 12.3. The topological polar surface area (TPSA) is 281 Å². The number of rotatable bonds is 9. The molecule has 1 aliphatic heterocycles. The minimum atomic E-state index is -4.68. The predicted molar refractivity (Wildman–Crippen MR) is 166 cm³/mol. The first-order valence-corrected chi connectivity index (χ1v) is 18.3. The monoisotopic (exact) mass is 744 g/mol. The standard InChI is InChI=1S/C30H25N5O12S3/c1-35-22-12-11-21(34-20-10-9-17(49(41,42)46-32)14-23(20)50(43,44)47-33)25-26(22)24(18-7-2-3-8-19(18)29(25)37)27(30(35)38)28(36)15-5-4-6-16(13-15)48(39,40)45-31/h2-14H,1,31-33H3/q+4/p+1. The van der Waals surface area contributed by atoms with Gasteiger partial charge in [-0.15, -0.1) is 0 Å². The second-order valence-corrected chi connectivity index (χ2v) is 15.5. The Morgan fingerprint density at radius 1 is 0.700 bits per heavy atom. The van der Waals surface area contributed by atoms with Crippen molar-refractivity contribution in [3.05, 3.63) is 112 Å². The van der Waals surface area contributed by atoms with E-state index in [9.17, 15) is 39.6 Å². The van der Waals surface area contributed by atoms with Crippen LogP contribution < -0.4 is 22.7 Å². The van der Waals surface area contributed by atoms with Gasteiger partial charge in [-0.2, -0.15) is 47.5 Å². The van der Waals surface area contributed by atoms with Crippen molar-refractivity contribution < 1.29 is 79.7 Å². The molecule has 3 aliphatic rings. The molecule has 0 atom stereocenters. The molecule has 3 aromatic carbocycles. The van der Waals surface area contributed by atoms with Crippen molar-refractivity contribution in [3.63, 3.8) is 0 Å². The smallest absolute Gasteiger partial charge is 0.288 e. The summed E-state index contributed by atoms with van der Waals surface area (Å²) in [5.74, 6) is 6.61. The molecule has 0 fully saturated rings. The van der Waals surface area contributed by atoms with Crippen LogP contribution in [-0.2, 0) is 48.0 Å². The number of nitrogens with zero attached hydrogens (tertiary/aromatic N) is 1. The van der Waals surface area contributed by atoms with Crippen LogP contribution in [0, 0.1) is 0 Å². The van der Waals surface area contributed by atoms with Crippen LogP contribution in [0.2, 0.25) is 0 Å². The van der Waals surface area contributed by atoms with Gasteiger partial charge in [0.25, 0.3) is 0 Å². The highest BCUT2D eigenvalue weighted by atomic mass is 32.2. The Morgan fingerprint density at radius 2 is 1.32 bits per heavy atom. The third-order valence-corrected chi connectivity index (χ3v) is 11.6. The van der Waals surface area contributed by atoms with Crippen molar-refractivity contribution in [1.82, 2.24) is 0 Å². The number of amides is 1. The predicted octanol–water partition coefficient (Wildman–Crippen LogP) is -3.55. The normalized spacial score (nSPS) is 17.0. The number of nitrogens with one attached hydrogen (secondary N) is 1. The van der Waals surface area contributed by atoms with E-state index in [4.69, 9.17) is 0 Å². The van der Waals surface area contributed by atoms with Gasteiger partial charge in [0, 0.05) is 34.9 Å². The Balaban J connectivity index is 1.65. The minimum absolute atomic E-state index is 0.0144. The lowest BCUT2D eigenvalue weighted by Gasteiger charge is -2.28. The van der Waals surface area contributed by atoms with Crippen molar-refractivity contribution in [1.29, 1.82) is 0 Å². The van der Waals surface area contributed by atoms with Gasteiger partial charge < -0.3 is 0 Å². The molecule has 50 heavy (non-hydrogen) atoms. The molecule has 20 heteroatoms. The number of Topliss-reactive ketones (excluding diaryl/α,β-unsaturated/α-hetero) is 2. The number of hydrogen-bond donors (Lipinski definition) is 4. The number of allylic oxidation sites excluding steroid dienone is 5. The highest BCUT2D eigenvalue weighted by Crippen LogP contribution is 2.43. The summed E-state index contributed by atoms with van der Waals surface area (Å²) in [4.78, 5) is 43.7.